The number of rotatable bonds is 7. The maximum atomic E-state index is 12.6. The van der Waals surface area contributed by atoms with Gasteiger partial charge in [-0.05, 0) is 43.5 Å². The van der Waals surface area contributed by atoms with Crippen molar-refractivity contribution in [3.8, 4) is 5.75 Å². The highest BCUT2D eigenvalue weighted by Gasteiger charge is 2.24. The molecule has 1 fully saturated rings. The fourth-order valence-electron chi connectivity index (χ4n) is 2.68. The van der Waals surface area contributed by atoms with Crippen molar-refractivity contribution in [2.45, 2.75) is 56.8 Å². The Kier molecular flexibility index (Phi) is 6.70. The standard InChI is InChI=1S/C17H27NO3S/c1-2-3-8-15-21-16-9-11-17(12-10-16)22(19,20)18-13-6-4-5-7-14-18/h9-12H,2-8,13-15H2,1H3. The monoisotopic (exact) mass is 325 g/mol. The largest absolute Gasteiger partial charge is 0.494 e. The zero-order valence-corrected chi connectivity index (χ0v) is 14.3. The Hall–Kier alpha value is -1.07. The highest BCUT2D eigenvalue weighted by molar-refractivity contribution is 7.89. The third-order valence-corrected chi connectivity index (χ3v) is 5.96. The molecular weight excluding hydrogens is 298 g/mol. The van der Waals surface area contributed by atoms with Gasteiger partial charge in [0, 0.05) is 13.1 Å². The van der Waals surface area contributed by atoms with Gasteiger partial charge in [-0.2, -0.15) is 4.31 Å². The van der Waals surface area contributed by atoms with E-state index in [2.05, 4.69) is 6.92 Å². The van der Waals surface area contributed by atoms with Crippen LogP contribution in [0.25, 0.3) is 0 Å². The molecule has 0 aliphatic carbocycles. The third-order valence-electron chi connectivity index (χ3n) is 4.04. The molecule has 0 spiro atoms. The van der Waals surface area contributed by atoms with Gasteiger partial charge in [-0.3, -0.25) is 0 Å². The van der Waals surface area contributed by atoms with Crippen LogP contribution in [-0.4, -0.2) is 32.4 Å². The molecule has 1 aromatic carbocycles. The molecule has 0 atom stereocenters. The second-order valence-electron chi connectivity index (χ2n) is 5.85. The van der Waals surface area contributed by atoms with Crippen LogP contribution in [0.1, 0.15) is 51.9 Å². The molecular formula is C17H27NO3S. The summed E-state index contributed by atoms with van der Waals surface area (Å²) in [7, 11) is -3.35. The fourth-order valence-corrected chi connectivity index (χ4v) is 4.20. The maximum absolute atomic E-state index is 12.6. The fraction of sp³-hybridized carbons (Fsp3) is 0.647. The molecule has 124 valence electrons. The normalized spacial score (nSPS) is 17.1. The molecule has 1 aliphatic rings. The van der Waals surface area contributed by atoms with Crippen molar-refractivity contribution in [1.82, 2.24) is 4.31 Å². The van der Waals surface area contributed by atoms with Crippen molar-refractivity contribution in [3.05, 3.63) is 24.3 Å². The summed E-state index contributed by atoms with van der Waals surface area (Å²) in [5.41, 5.74) is 0. The van der Waals surface area contributed by atoms with E-state index in [1.807, 2.05) is 0 Å². The summed E-state index contributed by atoms with van der Waals surface area (Å²) in [6.07, 6.45) is 7.50. The summed E-state index contributed by atoms with van der Waals surface area (Å²) < 4.78 is 32.5. The van der Waals surface area contributed by atoms with Crippen molar-refractivity contribution in [3.63, 3.8) is 0 Å². The van der Waals surface area contributed by atoms with E-state index in [0.717, 1.165) is 50.7 Å². The molecule has 1 heterocycles. The van der Waals surface area contributed by atoms with Crippen LogP contribution in [0.15, 0.2) is 29.2 Å². The number of nitrogens with zero attached hydrogens (tertiary/aromatic N) is 1. The molecule has 22 heavy (non-hydrogen) atoms. The second kappa shape index (κ2) is 8.53. The lowest BCUT2D eigenvalue weighted by molar-refractivity contribution is 0.306. The minimum absolute atomic E-state index is 0.371. The van der Waals surface area contributed by atoms with E-state index in [4.69, 9.17) is 4.74 Å². The smallest absolute Gasteiger partial charge is 0.243 e. The average Bonchev–Trinajstić information content (AvgIpc) is 2.82. The third kappa shape index (κ3) is 4.71. The quantitative estimate of drug-likeness (QED) is 0.716. The predicted molar refractivity (Wildman–Crippen MR) is 88.7 cm³/mol. The first kappa shape index (κ1) is 17.3. The van der Waals surface area contributed by atoms with Crippen LogP contribution < -0.4 is 4.74 Å². The first-order valence-corrected chi connectivity index (χ1v) is 9.81. The van der Waals surface area contributed by atoms with E-state index < -0.39 is 10.0 Å². The van der Waals surface area contributed by atoms with Crippen molar-refractivity contribution >= 4 is 10.0 Å². The van der Waals surface area contributed by atoms with Crippen LogP contribution in [-0.2, 0) is 10.0 Å². The Morgan fingerprint density at radius 1 is 1.00 bits per heavy atom. The van der Waals surface area contributed by atoms with E-state index in [1.54, 1.807) is 28.6 Å². The number of ether oxygens (including phenoxy) is 1. The van der Waals surface area contributed by atoms with E-state index in [-0.39, 0.29) is 0 Å². The minimum Gasteiger partial charge on any atom is -0.494 e. The van der Waals surface area contributed by atoms with Crippen molar-refractivity contribution in [2.75, 3.05) is 19.7 Å². The predicted octanol–water partition coefficient (Wildman–Crippen LogP) is 3.82. The molecule has 0 bridgehead atoms. The highest BCUT2D eigenvalue weighted by Crippen LogP contribution is 2.22. The molecule has 0 unspecified atom stereocenters. The van der Waals surface area contributed by atoms with E-state index in [1.165, 1.54) is 0 Å². The summed E-state index contributed by atoms with van der Waals surface area (Å²) in [6.45, 7) is 4.11. The highest BCUT2D eigenvalue weighted by atomic mass is 32.2. The molecule has 0 aromatic heterocycles. The zero-order chi connectivity index (χ0) is 15.8. The van der Waals surface area contributed by atoms with Gasteiger partial charge < -0.3 is 4.74 Å². The van der Waals surface area contributed by atoms with Crippen LogP contribution >= 0.6 is 0 Å². The number of benzene rings is 1. The maximum Gasteiger partial charge on any atom is 0.243 e. The van der Waals surface area contributed by atoms with Gasteiger partial charge in [0.05, 0.1) is 11.5 Å². The lowest BCUT2D eigenvalue weighted by Gasteiger charge is -2.20. The lowest BCUT2D eigenvalue weighted by atomic mass is 10.2. The summed E-state index contributed by atoms with van der Waals surface area (Å²) in [5.74, 6) is 0.742. The van der Waals surface area contributed by atoms with Gasteiger partial charge >= 0.3 is 0 Å². The molecule has 0 radical (unpaired) electrons. The Balaban J connectivity index is 1.98. The van der Waals surface area contributed by atoms with Gasteiger partial charge in [-0.25, -0.2) is 8.42 Å². The van der Waals surface area contributed by atoms with Crippen molar-refractivity contribution < 1.29 is 13.2 Å². The Morgan fingerprint density at radius 2 is 1.64 bits per heavy atom. The van der Waals surface area contributed by atoms with Gasteiger partial charge in [-0.1, -0.05) is 32.6 Å². The molecule has 4 nitrogen and oxygen atoms in total. The molecule has 1 saturated heterocycles. The topological polar surface area (TPSA) is 46.6 Å². The number of sulfonamides is 1. The molecule has 2 rings (SSSR count). The molecule has 1 aliphatic heterocycles. The molecule has 0 amide bonds. The van der Waals surface area contributed by atoms with Crippen LogP contribution in [0.3, 0.4) is 0 Å². The van der Waals surface area contributed by atoms with Crippen LogP contribution in [0.2, 0.25) is 0 Å². The first-order valence-electron chi connectivity index (χ1n) is 8.37. The number of hydrogen-bond donors (Lipinski definition) is 0. The average molecular weight is 325 g/mol. The molecule has 1 aromatic rings. The summed E-state index contributed by atoms with van der Waals surface area (Å²) in [6, 6.07) is 6.85. The minimum atomic E-state index is -3.35. The number of unbranched alkanes of at least 4 members (excludes halogenated alkanes) is 2. The Morgan fingerprint density at radius 3 is 2.23 bits per heavy atom. The van der Waals surface area contributed by atoms with Crippen LogP contribution in [0.5, 0.6) is 5.75 Å². The zero-order valence-electron chi connectivity index (χ0n) is 13.5. The van der Waals surface area contributed by atoms with Gasteiger partial charge in [-0.15, -0.1) is 0 Å². The van der Waals surface area contributed by atoms with E-state index in [0.29, 0.717) is 24.6 Å². The van der Waals surface area contributed by atoms with Gasteiger partial charge in [0.1, 0.15) is 5.75 Å². The Labute approximate surface area is 134 Å². The van der Waals surface area contributed by atoms with E-state index in [9.17, 15) is 8.42 Å². The van der Waals surface area contributed by atoms with Gasteiger partial charge in [0.15, 0.2) is 0 Å². The SMILES string of the molecule is CCCCCOc1ccc(S(=O)(=O)N2CCCCCC2)cc1. The Bertz CT molecular complexity index is 532. The van der Waals surface area contributed by atoms with E-state index >= 15 is 0 Å². The van der Waals surface area contributed by atoms with Gasteiger partial charge in [0.2, 0.25) is 10.0 Å². The molecule has 0 saturated carbocycles. The van der Waals surface area contributed by atoms with Gasteiger partial charge in [0.25, 0.3) is 0 Å². The lowest BCUT2D eigenvalue weighted by Crippen LogP contribution is -2.31. The second-order valence-corrected chi connectivity index (χ2v) is 7.78. The number of hydrogen-bond acceptors (Lipinski definition) is 3. The van der Waals surface area contributed by atoms with Crippen LogP contribution in [0, 0.1) is 0 Å². The molecule has 5 heteroatoms. The van der Waals surface area contributed by atoms with Crippen LogP contribution in [0.4, 0.5) is 0 Å². The summed E-state index contributed by atoms with van der Waals surface area (Å²) in [4.78, 5) is 0.371. The molecule has 0 N–H and O–H groups in total. The summed E-state index contributed by atoms with van der Waals surface area (Å²) >= 11 is 0. The van der Waals surface area contributed by atoms with Crippen molar-refractivity contribution in [2.24, 2.45) is 0 Å². The summed E-state index contributed by atoms with van der Waals surface area (Å²) in [5, 5.41) is 0. The first-order chi connectivity index (χ1) is 10.6. The van der Waals surface area contributed by atoms with Crippen molar-refractivity contribution in [1.29, 1.82) is 0 Å².